The first kappa shape index (κ1) is 17.4. The van der Waals surface area contributed by atoms with E-state index in [1.807, 2.05) is 19.9 Å². The van der Waals surface area contributed by atoms with Crippen LogP contribution in [0.4, 0.5) is 0 Å². The topological polar surface area (TPSA) is 12.9 Å². The van der Waals surface area contributed by atoms with E-state index < -0.39 is 0 Å². The van der Waals surface area contributed by atoms with E-state index in [1.165, 1.54) is 40.8 Å². The second-order valence-corrected chi connectivity index (χ2v) is 8.04. The first-order valence-corrected chi connectivity index (χ1v) is 10.2. The Morgan fingerprint density at radius 1 is 0.917 bits per heavy atom. The van der Waals surface area contributed by atoms with Crippen molar-refractivity contribution in [2.45, 2.75) is 39.0 Å². The van der Waals surface area contributed by atoms with Crippen LogP contribution in [0.2, 0.25) is 0 Å². The number of rotatable bonds is 3. The van der Waals surface area contributed by atoms with E-state index in [9.17, 15) is 0 Å². The molecular weight excluding hydrogens is 378 g/mol. The lowest BCUT2D eigenvalue weighted by molar-refractivity contribution is 0.420. The van der Waals surface area contributed by atoms with Gasteiger partial charge in [-0.2, -0.15) is 0 Å². The maximum atomic E-state index is 4.70. The van der Waals surface area contributed by atoms with Crippen LogP contribution in [0.5, 0.6) is 0 Å². The molecule has 0 amide bonds. The summed E-state index contributed by atoms with van der Waals surface area (Å²) < 4.78 is 0.935. The second-order valence-electron chi connectivity index (χ2n) is 5.76. The molecule has 3 aromatic rings. The molecule has 1 aliphatic rings. The Kier molecular flexibility index (Phi) is 5.85. The standard InChI is InChI=1S/C19H16BrNS.C2H6/c20-19-21-17(18(22-19)16-5-2-1-3-6-16)15-11-9-14(10-12-15)13-7-4-8-13;1-2/h1-3,5-6,9-13H,4,7-8H2;1-2H3. The highest BCUT2D eigenvalue weighted by atomic mass is 79.9. The molecule has 1 saturated carbocycles. The van der Waals surface area contributed by atoms with Crippen molar-refractivity contribution in [3.63, 3.8) is 0 Å². The van der Waals surface area contributed by atoms with Crippen molar-refractivity contribution in [3.8, 4) is 21.7 Å². The molecule has 0 atom stereocenters. The third kappa shape index (κ3) is 3.62. The number of aromatic nitrogens is 1. The molecule has 1 aromatic heterocycles. The first-order valence-electron chi connectivity index (χ1n) is 8.63. The molecule has 2 aromatic carbocycles. The molecule has 24 heavy (non-hydrogen) atoms. The predicted molar refractivity (Wildman–Crippen MR) is 109 cm³/mol. The quantitative estimate of drug-likeness (QED) is 0.443. The smallest absolute Gasteiger partial charge is 0.160 e. The fourth-order valence-electron chi connectivity index (χ4n) is 2.93. The van der Waals surface area contributed by atoms with Crippen molar-refractivity contribution in [1.29, 1.82) is 0 Å². The Balaban J connectivity index is 0.000000815. The van der Waals surface area contributed by atoms with Gasteiger partial charge in [0.2, 0.25) is 0 Å². The molecule has 1 fully saturated rings. The molecule has 0 unspecified atom stereocenters. The molecule has 0 saturated heterocycles. The van der Waals surface area contributed by atoms with E-state index in [0.717, 1.165) is 15.5 Å². The number of nitrogens with zero attached hydrogens (tertiary/aromatic N) is 1. The monoisotopic (exact) mass is 399 g/mol. The van der Waals surface area contributed by atoms with Gasteiger partial charge in [-0.15, -0.1) is 11.3 Å². The third-order valence-corrected chi connectivity index (χ3v) is 5.95. The molecule has 0 spiro atoms. The van der Waals surface area contributed by atoms with Crippen LogP contribution in [0.3, 0.4) is 0 Å². The summed E-state index contributed by atoms with van der Waals surface area (Å²) in [5.41, 5.74) is 4.97. The summed E-state index contributed by atoms with van der Waals surface area (Å²) >= 11 is 5.24. The summed E-state index contributed by atoms with van der Waals surface area (Å²) in [6.45, 7) is 4.00. The highest BCUT2D eigenvalue weighted by Crippen LogP contribution is 2.40. The maximum Gasteiger partial charge on any atom is 0.160 e. The van der Waals surface area contributed by atoms with Crippen molar-refractivity contribution < 1.29 is 0 Å². The van der Waals surface area contributed by atoms with E-state index in [1.54, 1.807) is 11.3 Å². The number of halogens is 1. The minimum Gasteiger partial charge on any atom is -0.228 e. The Labute approximate surface area is 156 Å². The van der Waals surface area contributed by atoms with Crippen molar-refractivity contribution >= 4 is 27.3 Å². The fraction of sp³-hybridized carbons (Fsp3) is 0.286. The van der Waals surface area contributed by atoms with Crippen LogP contribution in [-0.2, 0) is 0 Å². The van der Waals surface area contributed by atoms with Crippen molar-refractivity contribution in [2.75, 3.05) is 0 Å². The van der Waals surface area contributed by atoms with Gasteiger partial charge in [0.25, 0.3) is 0 Å². The molecule has 0 N–H and O–H groups in total. The number of hydrogen-bond acceptors (Lipinski definition) is 2. The zero-order valence-corrected chi connectivity index (χ0v) is 16.5. The van der Waals surface area contributed by atoms with Crippen LogP contribution in [0, 0.1) is 0 Å². The Hall–Kier alpha value is -1.45. The van der Waals surface area contributed by atoms with Crippen LogP contribution in [0.15, 0.2) is 58.5 Å². The third-order valence-electron chi connectivity index (χ3n) is 4.40. The minimum atomic E-state index is 0.782. The first-order chi connectivity index (χ1) is 11.8. The molecule has 0 aliphatic heterocycles. The highest BCUT2D eigenvalue weighted by molar-refractivity contribution is 9.11. The van der Waals surface area contributed by atoms with Crippen LogP contribution >= 0.6 is 27.3 Å². The summed E-state index contributed by atoms with van der Waals surface area (Å²) in [5, 5.41) is 0. The zero-order valence-electron chi connectivity index (χ0n) is 14.1. The van der Waals surface area contributed by atoms with E-state index in [2.05, 4.69) is 64.5 Å². The van der Waals surface area contributed by atoms with Crippen LogP contribution in [-0.4, -0.2) is 4.98 Å². The lowest BCUT2D eigenvalue weighted by Crippen LogP contribution is -2.08. The Morgan fingerprint density at radius 3 is 2.17 bits per heavy atom. The van der Waals surface area contributed by atoms with Crippen molar-refractivity contribution in [2.24, 2.45) is 0 Å². The van der Waals surface area contributed by atoms with Gasteiger partial charge < -0.3 is 0 Å². The van der Waals surface area contributed by atoms with Crippen molar-refractivity contribution in [3.05, 3.63) is 64.1 Å². The fourth-order valence-corrected chi connectivity index (χ4v) is 4.41. The summed E-state index contributed by atoms with van der Waals surface area (Å²) in [4.78, 5) is 5.93. The maximum absolute atomic E-state index is 4.70. The van der Waals surface area contributed by atoms with Gasteiger partial charge in [-0.1, -0.05) is 74.9 Å². The van der Waals surface area contributed by atoms with Gasteiger partial charge in [-0.3, -0.25) is 0 Å². The lowest BCUT2D eigenvalue weighted by Gasteiger charge is -2.25. The number of hydrogen-bond donors (Lipinski definition) is 0. The van der Waals surface area contributed by atoms with Gasteiger partial charge in [-0.05, 0) is 45.8 Å². The molecule has 124 valence electrons. The largest absolute Gasteiger partial charge is 0.228 e. The summed E-state index contributed by atoms with van der Waals surface area (Å²) in [7, 11) is 0. The van der Waals surface area contributed by atoms with Gasteiger partial charge in [-0.25, -0.2) is 4.98 Å². The molecule has 3 heteroatoms. The minimum absolute atomic E-state index is 0.782. The summed E-state index contributed by atoms with van der Waals surface area (Å²) in [6, 6.07) is 19.5. The predicted octanol–water partition coefficient (Wildman–Crippen LogP) is 7.53. The van der Waals surface area contributed by atoms with Gasteiger partial charge in [0.1, 0.15) is 0 Å². The normalized spacial score (nSPS) is 13.8. The van der Waals surface area contributed by atoms with E-state index in [0.29, 0.717) is 0 Å². The Morgan fingerprint density at radius 2 is 1.58 bits per heavy atom. The van der Waals surface area contributed by atoms with Gasteiger partial charge >= 0.3 is 0 Å². The van der Waals surface area contributed by atoms with Crippen LogP contribution in [0.25, 0.3) is 21.7 Å². The molecule has 1 aliphatic carbocycles. The molecule has 0 radical (unpaired) electrons. The van der Waals surface area contributed by atoms with Gasteiger partial charge in [0.15, 0.2) is 3.92 Å². The molecular formula is C21H22BrNS. The van der Waals surface area contributed by atoms with E-state index >= 15 is 0 Å². The zero-order chi connectivity index (χ0) is 16.9. The average molecular weight is 400 g/mol. The molecule has 0 bridgehead atoms. The average Bonchev–Trinajstić information content (AvgIpc) is 2.99. The molecule has 1 heterocycles. The van der Waals surface area contributed by atoms with Crippen LogP contribution in [0.1, 0.15) is 44.6 Å². The number of thiazole rings is 1. The summed E-state index contributed by atoms with van der Waals surface area (Å²) in [5.74, 6) is 0.782. The Bertz CT molecular complexity index is 773. The van der Waals surface area contributed by atoms with Gasteiger partial charge in [0.05, 0.1) is 10.6 Å². The van der Waals surface area contributed by atoms with E-state index in [-0.39, 0.29) is 0 Å². The summed E-state index contributed by atoms with van der Waals surface area (Å²) in [6.07, 6.45) is 4.07. The van der Waals surface area contributed by atoms with E-state index in [4.69, 9.17) is 4.98 Å². The van der Waals surface area contributed by atoms with Crippen LogP contribution < -0.4 is 0 Å². The highest BCUT2D eigenvalue weighted by Gasteiger charge is 2.20. The second kappa shape index (κ2) is 8.09. The molecule has 1 nitrogen and oxygen atoms in total. The van der Waals surface area contributed by atoms with Gasteiger partial charge in [0, 0.05) is 5.56 Å². The van der Waals surface area contributed by atoms with Crippen molar-refractivity contribution in [1.82, 2.24) is 4.98 Å². The lowest BCUT2D eigenvalue weighted by atomic mass is 9.80. The number of benzene rings is 2. The molecule has 4 rings (SSSR count). The SMILES string of the molecule is Brc1nc(-c2ccc(C3CCC3)cc2)c(-c2ccccc2)s1.CC.